The lowest BCUT2D eigenvalue weighted by atomic mass is 10.1. The number of nitrogens with one attached hydrogen (secondary N) is 1. The minimum atomic E-state index is -1.27. The van der Waals surface area contributed by atoms with Crippen LogP contribution < -0.4 is 11.1 Å². The fourth-order valence-electron chi connectivity index (χ4n) is 4.87. The molecular weight excluding hydrogens is 572 g/mol. The Kier molecular flexibility index (Phi) is 8.51. The van der Waals surface area contributed by atoms with Gasteiger partial charge in [-0.3, -0.25) is 14.3 Å². The van der Waals surface area contributed by atoms with Gasteiger partial charge in [0.05, 0.1) is 23.8 Å². The second-order valence-corrected chi connectivity index (χ2v) is 18.0. The van der Waals surface area contributed by atoms with E-state index in [2.05, 4.69) is 31.5 Å². The highest BCUT2D eigenvalue weighted by Gasteiger charge is 2.32. The van der Waals surface area contributed by atoms with Gasteiger partial charge in [-0.2, -0.15) is 5.10 Å². The molecule has 0 spiro atoms. The summed E-state index contributed by atoms with van der Waals surface area (Å²) in [5.74, 6) is -0.597. The molecule has 0 aliphatic carbocycles. The molecule has 3 N–H and O–H groups in total. The van der Waals surface area contributed by atoms with Crippen LogP contribution in [0.3, 0.4) is 0 Å². The average Bonchev–Trinajstić information content (AvgIpc) is 3.46. The summed E-state index contributed by atoms with van der Waals surface area (Å²) in [5, 5.41) is 9.05. The number of rotatable bonds is 11. The summed E-state index contributed by atoms with van der Waals surface area (Å²) in [7, 11) is -1.27. The van der Waals surface area contributed by atoms with Crippen LogP contribution in [-0.4, -0.2) is 80.9 Å². The molecular formula is C29H37ClN8O3Si. The lowest BCUT2D eigenvalue weighted by Crippen LogP contribution is -2.61. The Morgan fingerprint density at radius 2 is 2.07 bits per heavy atom. The van der Waals surface area contributed by atoms with E-state index in [-0.39, 0.29) is 18.7 Å². The molecule has 0 unspecified atom stereocenters. The van der Waals surface area contributed by atoms with Crippen molar-refractivity contribution in [1.82, 2.24) is 34.5 Å². The van der Waals surface area contributed by atoms with Gasteiger partial charge in [0.1, 0.15) is 29.7 Å². The second-order valence-electron chi connectivity index (χ2n) is 12.0. The van der Waals surface area contributed by atoms with E-state index >= 15 is 0 Å². The lowest BCUT2D eigenvalue weighted by molar-refractivity contribution is -0.137. The lowest BCUT2D eigenvalue weighted by Gasteiger charge is -2.38. The van der Waals surface area contributed by atoms with Crippen molar-refractivity contribution in [2.75, 3.05) is 19.7 Å². The first-order valence-corrected chi connectivity index (χ1v) is 18.1. The van der Waals surface area contributed by atoms with Crippen molar-refractivity contribution in [2.24, 2.45) is 5.73 Å². The molecule has 0 radical (unpaired) electrons. The molecule has 0 saturated carbocycles. The first kappa shape index (κ1) is 29.9. The molecule has 1 aliphatic heterocycles. The molecule has 1 aliphatic rings. The summed E-state index contributed by atoms with van der Waals surface area (Å²) in [6.45, 7) is 14.7. The van der Waals surface area contributed by atoms with E-state index in [1.54, 1.807) is 45.6 Å². The number of aromatic nitrogens is 5. The maximum absolute atomic E-state index is 13.6. The van der Waals surface area contributed by atoms with Gasteiger partial charge in [-0.25, -0.2) is 9.97 Å². The van der Waals surface area contributed by atoms with Crippen molar-refractivity contribution < 1.29 is 14.3 Å². The standard InChI is InChI=1S/C29H37ClN8O3Si/c1-6-9-38-24-12-19(30)7-8-21(24)25(35-38)23-13-32-27-26(34-23)22(16-37(27)17-41-10-11-42(3,4)5)28(39)33-18(2)29(40)36-14-20(31)15-36/h6-8,12-13,16,18,20H,1,9-11,14-15,17,31H2,2-5H3,(H,33,39)/t18-/m1/s1. The fourth-order valence-corrected chi connectivity index (χ4v) is 5.80. The Morgan fingerprint density at radius 3 is 2.76 bits per heavy atom. The number of allylic oxidation sites excluding steroid dienone is 1. The van der Waals surface area contributed by atoms with Gasteiger partial charge >= 0.3 is 0 Å². The molecule has 5 rings (SSSR count). The van der Waals surface area contributed by atoms with E-state index < -0.39 is 20.0 Å². The third-order valence-corrected chi connectivity index (χ3v) is 9.17. The summed E-state index contributed by atoms with van der Waals surface area (Å²) in [6.07, 6.45) is 5.09. The van der Waals surface area contributed by atoms with Crippen molar-refractivity contribution in [3.8, 4) is 11.4 Å². The molecule has 4 heterocycles. The van der Waals surface area contributed by atoms with Crippen molar-refractivity contribution in [2.45, 2.75) is 58.0 Å². The highest BCUT2D eigenvalue weighted by atomic mass is 35.5. The zero-order chi connectivity index (χ0) is 30.2. The molecule has 1 fully saturated rings. The van der Waals surface area contributed by atoms with Crippen LogP contribution in [0, 0.1) is 0 Å². The SMILES string of the molecule is C=CCn1nc(-c2cnc3c(n2)c(C(=O)N[C@H](C)C(=O)N2CC(N)C2)cn3COCC[Si](C)(C)C)c2ccc(Cl)cc21. The van der Waals surface area contributed by atoms with Crippen LogP contribution in [0.25, 0.3) is 33.5 Å². The molecule has 4 aromatic rings. The van der Waals surface area contributed by atoms with E-state index in [1.165, 1.54) is 0 Å². The zero-order valence-electron chi connectivity index (χ0n) is 24.4. The zero-order valence-corrected chi connectivity index (χ0v) is 26.2. The van der Waals surface area contributed by atoms with E-state index in [4.69, 9.17) is 37.1 Å². The van der Waals surface area contributed by atoms with Gasteiger partial charge in [0.25, 0.3) is 5.91 Å². The Bertz CT molecular complexity index is 1650. The number of carbonyl (C=O) groups excluding carboxylic acids is 2. The van der Waals surface area contributed by atoms with E-state index in [9.17, 15) is 9.59 Å². The number of likely N-dealkylation sites (tertiary alicyclic amines) is 1. The van der Waals surface area contributed by atoms with Crippen LogP contribution in [-0.2, 0) is 22.8 Å². The van der Waals surface area contributed by atoms with Crippen molar-refractivity contribution >= 4 is 53.6 Å². The average molecular weight is 609 g/mol. The van der Waals surface area contributed by atoms with Gasteiger partial charge < -0.3 is 25.3 Å². The predicted molar refractivity (Wildman–Crippen MR) is 167 cm³/mol. The number of nitrogens with two attached hydrogens (primary N) is 1. The van der Waals surface area contributed by atoms with Gasteiger partial charge in [-0.1, -0.05) is 37.3 Å². The van der Waals surface area contributed by atoms with Crippen molar-refractivity contribution in [3.63, 3.8) is 0 Å². The third kappa shape index (κ3) is 6.26. The Balaban J connectivity index is 1.51. The van der Waals surface area contributed by atoms with E-state index in [0.717, 1.165) is 16.9 Å². The van der Waals surface area contributed by atoms with E-state index in [0.29, 0.717) is 59.4 Å². The molecule has 2 amide bonds. The number of hydrogen-bond donors (Lipinski definition) is 2. The molecule has 13 heteroatoms. The van der Waals surface area contributed by atoms with Gasteiger partial charge in [-0.15, -0.1) is 6.58 Å². The van der Waals surface area contributed by atoms with E-state index in [1.807, 2.05) is 12.1 Å². The molecule has 222 valence electrons. The summed E-state index contributed by atoms with van der Waals surface area (Å²) in [4.78, 5) is 37.6. The Hall–Kier alpha value is -3.58. The summed E-state index contributed by atoms with van der Waals surface area (Å²) >= 11 is 6.28. The normalized spacial score (nSPS) is 14.8. The largest absolute Gasteiger partial charge is 0.361 e. The minimum Gasteiger partial charge on any atom is -0.361 e. The minimum absolute atomic E-state index is 0.0217. The van der Waals surface area contributed by atoms with Crippen LogP contribution in [0.15, 0.2) is 43.2 Å². The van der Waals surface area contributed by atoms with Crippen LogP contribution in [0.5, 0.6) is 0 Å². The Labute approximate surface area is 250 Å². The number of nitrogens with zero attached hydrogens (tertiary/aromatic N) is 6. The highest BCUT2D eigenvalue weighted by molar-refractivity contribution is 6.76. The van der Waals surface area contributed by atoms with Crippen LogP contribution in [0.1, 0.15) is 17.3 Å². The number of fused-ring (bicyclic) bond motifs is 2. The van der Waals surface area contributed by atoms with Crippen LogP contribution >= 0.6 is 11.6 Å². The van der Waals surface area contributed by atoms with Crippen molar-refractivity contribution in [3.05, 3.63) is 53.8 Å². The molecule has 0 bridgehead atoms. The fraction of sp³-hybridized carbons (Fsp3) is 0.414. The first-order valence-electron chi connectivity index (χ1n) is 14.0. The Morgan fingerprint density at radius 1 is 1.31 bits per heavy atom. The number of amides is 2. The number of hydrogen-bond acceptors (Lipinski definition) is 7. The van der Waals surface area contributed by atoms with Gasteiger partial charge in [0.2, 0.25) is 5.91 Å². The molecule has 3 aromatic heterocycles. The number of carbonyl (C=O) groups is 2. The molecule has 42 heavy (non-hydrogen) atoms. The smallest absolute Gasteiger partial charge is 0.255 e. The monoisotopic (exact) mass is 608 g/mol. The maximum Gasteiger partial charge on any atom is 0.255 e. The first-order chi connectivity index (χ1) is 19.9. The predicted octanol–water partition coefficient (Wildman–Crippen LogP) is 3.89. The number of benzene rings is 1. The number of halogens is 1. The second kappa shape index (κ2) is 12.0. The van der Waals surface area contributed by atoms with Gasteiger partial charge in [0.15, 0.2) is 5.65 Å². The van der Waals surface area contributed by atoms with Gasteiger partial charge in [0, 0.05) is 50.4 Å². The number of ether oxygens (including phenoxy) is 1. The molecule has 11 nitrogen and oxygen atoms in total. The van der Waals surface area contributed by atoms with Crippen molar-refractivity contribution in [1.29, 1.82) is 0 Å². The summed E-state index contributed by atoms with van der Waals surface area (Å²) < 4.78 is 9.56. The quantitative estimate of drug-likeness (QED) is 0.150. The molecule has 1 aromatic carbocycles. The third-order valence-electron chi connectivity index (χ3n) is 7.23. The maximum atomic E-state index is 13.6. The van der Waals surface area contributed by atoms with Crippen LogP contribution in [0.2, 0.25) is 30.7 Å². The molecule has 1 saturated heterocycles. The topological polar surface area (TPSA) is 133 Å². The summed E-state index contributed by atoms with van der Waals surface area (Å²) in [6, 6.07) is 5.81. The summed E-state index contributed by atoms with van der Waals surface area (Å²) in [5.41, 5.74) is 8.98. The van der Waals surface area contributed by atoms with Gasteiger partial charge in [-0.05, 0) is 31.2 Å². The van der Waals surface area contributed by atoms with Crippen LogP contribution in [0.4, 0.5) is 0 Å². The molecule has 1 atom stereocenters. The highest BCUT2D eigenvalue weighted by Crippen LogP contribution is 2.30.